The van der Waals surface area contributed by atoms with Crippen molar-refractivity contribution in [2.24, 2.45) is 12.8 Å². The number of aromatic nitrogens is 2. The predicted octanol–water partition coefficient (Wildman–Crippen LogP) is 0.818. The zero-order valence-corrected chi connectivity index (χ0v) is 9.82. The highest BCUT2D eigenvalue weighted by Gasteiger charge is 2.23. The van der Waals surface area contributed by atoms with Gasteiger partial charge in [0.05, 0.1) is 17.9 Å². The molecule has 4 heteroatoms. The van der Waals surface area contributed by atoms with E-state index < -0.39 is 0 Å². The topological polar surface area (TPSA) is 47.1 Å². The van der Waals surface area contributed by atoms with Gasteiger partial charge in [-0.1, -0.05) is 0 Å². The second kappa shape index (κ2) is 3.94. The standard InChI is InChI=1S/C11H20N4/c1-14(2)7-10-13-9-6-4-5-8(12)11(9)15(10)3/h8H,4-7,12H2,1-3H3. The minimum absolute atomic E-state index is 0.183. The number of rotatable bonds is 2. The predicted molar refractivity (Wildman–Crippen MR) is 60.5 cm³/mol. The third-order valence-electron chi connectivity index (χ3n) is 3.05. The fourth-order valence-corrected chi connectivity index (χ4v) is 2.32. The van der Waals surface area contributed by atoms with Gasteiger partial charge in [0.1, 0.15) is 5.82 Å². The maximum absolute atomic E-state index is 6.12. The van der Waals surface area contributed by atoms with E-state index in [4.69, 9.17) is 5.73 Å². The first-order chi connectivity index (χ1) is 7.09. The Balaban J connectivity index is 2.35. The summed E-state index contributed by atoms with van der Waals surface area (Å²) in [5, 5.41) is 0. The quantitative estimate of drug-likeness (QED) is 0.782. The fraction of sp³-hybridized carbons (Fsp3) is 0.727. The molecule has 1 aromatic rings. The lowest BCUT2D eigenvalue weighted by Crippen LogP contribution is -2.21. The van der Waals surface area contributed by atoms with E-state index in [-0.39, 0.29) is 6.04 Å². The zero-order valence-electron chi connectivity index (χ0n) is 9.82. The van der Waals surface area contributed by atoms with Crippen molar-refractivity contribution in [1.82, 2.24) is 14.5 Å². The number of aryl methyl sites for hydroxylation is 1. The van der Waals surface area contributed by atoms with E-state index in [1.807, 2.05) is 0 Å². The van der Waals surface area contributed by atoms with Gasteiger partial charge in [0.25, 0.3) is 0 Å². The van der Waals surface area contributed by atoms with Crippen molar-refractivity contribution in [3.8, 4) is 0 Å². The van der Waals surface area contributed by atoms with Gasteiger partial charge in [0.2, 0.25) is 0 Å². The van der Waals surface area contributed by atoms with Crippen LogP contribution in [-0.4, -0.2) is 28.5 Å². The largest absolute Gasteiger partial charge is 0.332 e. The molecule has 0 aromatic carbocycles. The lowest BCUT2D eigenvalue weighted by molar-refractivity contribution is 0.383. The molecule has 0 radical (unpaired) electrons. The highest BCUT2D eigenvalue weighted by atomic mass is 15.2. The molecule has 1 unspecified atom stereocenters. The Labute approximate surface area is 91.1 Å². The average molecular weight is 208 g/mol. The van der Waals surface area contributed by atoms with Gasteiger partial charge < -0.3 is 15.2 Å². The molecule has 0 fully saturated rings. The van der Waals surface area contributed by atoms with Gasteiger partial charge in [0.15, 0.2) is 0 Å². The number of hydrogen-bond acceptors (Lipinski definition) is 3. The third kappa shape index (κ3) is 1.92. The van der Waals surface area contributed by atoms with Crippen molar-refractivity contribution < 1.29 is 0 Å². The van der Waals surface area contributed by atoms with Crippen molar-refractivity contribution in [3.05, 3.63) is 17.2 Å². The van der Waals surface area contributed by atoms with Gasteiger partial charge >= 0.3 is 0 Å². The molecule has 0 spiro atoms. The van der Waals surface area contributed by atoms with Crippen molar-refractivity contribution in [2.75, 3.05) is 14.1 Å². The molecule has 2 N–H and O–H groups in total. The third-order valence-corrected chi connectivity index (χ3v) is 3.05. The summed E-state index contributed by atoms with van der Waals surface area (Å²) in [6, 6.07) is 0.183. The molecule has 4 nitrogen and oxygen atoms in total. The van der Waals surface area contributed by atoms with E-state index in [9.17, 15) is 0 Å². The second-order valence-corrected chi connectivity index (χ2v) is 4.66. The molecule has 0 amide bonds. The molecule has 15 heavy (non-hydrogen) atoms. The molecule has 0 aliphatic heterocycles. The maximum atomic E-state index is 6.12. The van der Waals surface area contributed by atoms with Crippen LogP contribution in [0.4, 0.5) is 0 Å². The summed E-state index contributed by atoms with van der Waals surface area (Å²) in [5.74, 6) is 1.13. The van der Waals surface area contributed by atoms with Crippen LogP contribution in [0.25, 0.3) is 0 Å². The lowest BCUT2D eigenvalue weighted by atomic mass is 9.97. The van der Waals surface area contributed by atoms with Gasteiger partial charge in [-0.05, 0) is 33.4 Å². The van der Waals surface area contributed by atoms with Crippen LogP contribution in [0.2, 0.25) is 0 Å². The van der Waals surface area contributed by atoms with Crippen LogP contribution in [-0.2, 0) is 20.0 Å². The van der Waals surface area contributed by atoms with Crippen LogP contribution < -0.4 is 5.73 Å². The fourth-order valence-electron chi connectivity index (χ4n) is 2.32. The summed E-state index contributed by atoms with van der Waals surface area (Å²) in [6.07, 6.45) is 3.35. The van der Waals surface area contributed by atoms with E-state index in [1.54, 1.807) is 0 Å². The van der Waals surface area contributed by atoms with Crippen LogP contribution in [0.15, 0.2) is 0 Å². The number of nitrogens with zero attached hydrogens (tertiary/aromatic N) is 3. The first-order valence-corrected chi connectivity index (χ1v) is 5.54. The van der Waals surface area contributed by atoms with Crippen LogP contribution in [0.5, 0.6) is 0 Å². The van der Waals surface area contributed by atoms with Gasteiger partial charge in [-0.15, -0.1) is 0 Å². The molecular formula is C11H20N4. The Morgan fingerprint density at radius 1 is 1.53 bits per heavy atom. The Hall–Kier alpha value is -0.870. The van der Waals surface area contributed by atoms with Gasteiger partial charge in [0, 0.05) is 13.1 Å². The summed E-state index contributed by atoms with van der Waals surface area (Å²) in [6.45, 7) is 0.885. The highest BCUT2D eigenvalue weighted by Crippen LogP contribution is 2.28. The summed E-state index contributed by atoms with van der Waals surface area (Å²) < 4.78 is 2.18. The van der Waals surface area contributed by atoms with Gasteiger partial charge in [-0.2, -0.15) is 0 Å². The molecule has 84 valence electrons. The van der Waals surface area contributed by atoms with Gasteiger partial charge in [-0.25, -0.2) is 4.98 Å². The molecule has 1 atom stereocenters. The van der Waals surface area contributed by atoms with E-state index in [2.05, 4.69) is 35.6 Å². The Morgan fingerprint density at radius 2 is 2.27 bits per heavy atom. The van der Waals surface area contributed by atoms with Crippen LogP contribution in [0.3, 0.4) is 0 Å². The number of hydrogen-bond donors (Lipinski definition) is 1. The molecule has 0 saturated carbocycles. The SMILES string of the molecule is CN(C)Cc1nc2c(n1C)C(N)CCC2. The molecule has 1 aliphatic rings. The van der Waals surface area contributed by atoms with Crippen molar-refractivity contribution >= 4 is 0 Å². The number of nitrogens with two attached hydrogens (primary N) is 1. The molecule has 1 aliphatic carbocycles. The summed E-state index contributed by atoms with van der Waals surface area (Å²) in [7, 11) is 6.21. The molecule has 2 rings (SSSR count). The summed E-state index contributed by atoms with van der Waals surface area (Å²) >= 11 is 0. The van der Waals surface area contributed by atoms with Crippen molar-refractivity contribution in [1.29, 1.82) is 0 Å². The minimum Gasteiger partial charge on any atom is -0.332 e. The summed E-state index contributed by atoms with van der Waals surface area (Å²) in [5.41, 5.74) is 8.58. The maximum Gasteiger partial charge on any atom is 0.123 e. The van der Waals surface area contributed by atoms with E-state index in [0.29, 0.717) is 0 Å². The number of fused-ring (bicyclic) bond motifs is 1. The number of imidazole rings is 1. The second-order valence-electron chi connectivity index (χ2n) is 4.66. The average Bonchev–Trinajstić information content (AvgIpc) is 2.44. The molecule has 0 bridgehead atoms. The van der Waals surface area contributed by atoms with E-state index in [1.165, 1.54) is 17.8 Å². The normalized spacial score (nSPS) is 20.7. The Morgan fingerprint density at radius 3 is 2.87 bits per heavy atom. The molecule has 1 aromatic heterocycles. The van der Waals surface area contributed by atoms with Gasteiger partial charge in [-0.3, -0.25) is 0 Å². The summed E-state index contributed by atoms with van der Waals surface area (Å²) in [4.78, 5) is 6.82. The van der Waals surface area contributed by atoms with Crippen LogP contribution in [0, 0.1) is 0 Å². The van der Waals surface area contributed by atoms with E-state index in [0.717, 1.165) is 25.2 Å². The lowest BCUT2D eigenvalue weighted by Gasteiger charge is -2.19. The molecule has 1 heterocycles. The van der Waals surface area contributed by atoms with Crippen LogP contribution in [0.1, 0.15) is 36.1 Å². The monoisotopic (exact) mass is 208 g/mol. The van der Waals surface area contributed by atoms with E-state index >= 15 is 0 Å². The van der Waals surface area contributed by atoms with Crippen molar-refractivity contribution in [2.45, 2.75) is 31.8 Å². The minimum atomic E-state index is 0.183. The Bertz CT molecular complexity index is 354. The first-order valence-electron chi connectivity index (χ1n) is 5.54. The molecular weight excluding hydrogens is 188 g/mol. The Kier molecular flexibility index (Phi) is 2.80. The first kappa shape index (κ1) is 10.6. The van der Waals surface area contributed by atoms with Crippen LogP contribution >= 0.6 is 0 Å². The molecule has 0 saturated heterocycles. The highest BCUT2D eigenvalue weighted by molar-refractivity contribution is 5.23. The smallest absolute Gasteiger partial charge is 0.123 e. The zero-order chi connectivity index (χ0) is 11.0. The van der Waals surface area contributed by atoms with Crippen molar-refractivity contribution in [3.63, 3.8) is 0 Å².